The van der Waals surface area contributed by atoms with Gasteiger partial charge in [0.25, 0.3) is 0 Å². The molecule has 0 aliphatic carbocycles. The predicted octanol–water partition coefficient (Wildman–Crippen LogP) is 5.16. The van der Waals surface area contributed by atoms with Crippen molar-refractivity contribution in [3.8, 4) is 0 Å². The van der Waals surface area contributed by atoms with E-state index in [0.717, 1.165) is 29.8 Å². The van der Waals surface area contributed by atoms with E-state index in [0.29, 0.717) is 10.0 Å². The van der Waals surface area contributed by atoms with Crippen LogP contribution in [0, 0.1) is 0 Å². The second-order valence-corrected chi connectivity index (χ2v) is 7.12. The smallest absolute Gasteiger partial charge is 0.127 e. The van der Waals surface area contributed by atoms with Crippen molar-refractivity contribution in [1.29, 1.82) is 0 Å². The Bertz CT molecular complexity index is 635. The van der Waals surface area contributed by atoms with Crippen molar-refractivity contribution in [3.63, 3.8) is 0 Å². The van der Waals surface area contributed by atoms with Crippen molar-refractivity contribution < 1.29 is 0 Å². The summed E-state index contributed by atoms with van der Waals surface area (Å²) in [6.45, 7) is 5.11. The van der Waals surface area contributed by atoms with Gasteiger partial charge in [-0.25, -0.2) is 4.98 Å². The third-order valence-corrected chi connectivity index (χ3v) is 4.47. The highest BCUT2D eigenvalue weighted by atomic mass is 35.5. The molecule has 0 saturated carbocycles. The van der Waals surface area contributed by atoms with Crippen molar-refractivity contribution >= 4 is 45.8 Å². The van der Waals surface area contributed by atoms with E-state index in [2.05, 4.69) is 35.5 Å². The highest BCUT2D eigenvalue weighted by Gasteiger charge is 2.20. The topological polar surface area (TPSA) is 21.1 Å². The molecule has 0 bridgehead atoms. The van der Waals surface area contributed by atoms with E-state index in [1.165, 1.54) is 0 Å². The number of nitrogens with zero attached hydrogens (tertiary/aromatic N) is 3. The van der Waals surface area contributed by atoms with Gasteiger partial charge in [-0.15, -0.1) is 11.6 Å². The molecule has 2 aromatic rings. The van der Waals surface area contributed by atoms with Crippen LogP contribution in [0.25, 0.3) is 11.0 Å². The minimum atomic E-state index is -0.170. The Morgan fingerprint density at radius 2 is 1.81 bits per heavy atom. The van der Waals surface area contributed by atoms with Gasteiger partial charge in [-0.3, -0.25) is 0 Å². The maximum atomic E-state index is 6.31. The van der Waals surface area contributed by atoms with Crippen LogP contribution in [0.1, 0.15) is 37.5 Å². The molecule has 2 rings (SSSR count). The normalized spacial score (nSPS) is 14.9. The Labute approximate surface area is 140 Å². The van der Waals surface area contributed by atoms with Crippen molar-refractivity contribution in [1.82, 2.24) is 14.5 Å². The lowest BCUT2D eigenvalue weighted by atomic mass is 10.2. The third kappa shape index (κ3) is 3.65. The van der Waals surface area contributed by atoms with Gasteiger partial charge in [-0.1, -0.05) is 23.2 Å². The zero-order valence-electron chi connectivity index (χ0n) is 12.7. The molecule has 21 heavy (non-hydrogen) atoms. The molecule has 1 aromatic carbocycles. The van der Waals surface area contributed by atoms with Crippen LogP contribution in [0.5, 0.6) is 0 Å². The highest BCUT2D eigenvalue weighted by molar-refractivity contribution is 6.42. The fourth-order valence-corrected chi connectivity index (χ4v) is 2.90. The molecule has 2 atom stereocenters. The molecule has 1 aromatic heterocycles. The van der Waals surface area contributed by atoms with E-state index in [4.69, 9.17) is 34.8 Å². The van der Waals surface area contributed by atoms with Crippen molar-refractivity contribution in [2.24, 2.45) is 0 Å². The molecule has 0 amide bonds. The Morgan fingerprint density at radius 1 is 1.19 bits per heavy atom. The first-order chi connectivity index (χ1) is 9.81. The summed E-state index contributed by atoms with van der Waals surface area (Å²) in [6, 6.07) is 3.96. The Kier molecular flexibility index (Phi) is 5.42. The minimum Gasteiger partial charge on any atom is -0.324 e. The number of imidazole rings is 1. The van der Waals surface area contributed by atoms with Gasteiger partial charge in [0.15, 0.2) is 0 Å². The fourth-order valence-electron chi connectivity index (χ4n) is 2.43. The second-order valence-electron chi connectivity index (χ2n) is 5.65. The summed E-state index contributed by atoms with van der Waals surface area (Å²) in [7, 11) is 4.14. The first-order valence-corrected chi connectivity index (χ1v) is 8.16. The van der Waals surface area contributed by atoms with Gasteiger partial charge in [0, 0.05) is 6.04 Å². The lowest BCUT2D eigenvalue weighted by Crippen LogP contribution is -2.18. The summed E-state index contributed by atoms with van der Waals surface area (Å²) in [5.74, 6) is 0.858. The van der Waals surface area contributed by atoms with Crippen LogP contribution in [0.4, 0.5) is 0 Å². The summed E-state index contributed by atoms with van der Waals surface area (Å²) < 4.78 is 2.18. The Hall–Kier alpha value is -0.480. The minimum absolute atomic E-state index is 0.170. The molecule has 0 aliphatic heterocycles. The van der Waals surface area contributed by atoms with Crippen molar-refractivity contribution in [3.05, 3.63) is 28.0 Å². The maximum Gasteiger partial charge on any atom is 0.127 e. The summed E-state index contributed by atoms with van der Waals surface area (Å²) in [5.41, 5.74) is 1.82. The van der Waals surface area contributed by atoms with Crippen molar-refractivity contribution in [2.75, 3.05) is 20.6 Å². The third-order valence-electron chi connectivity index (χ3n) is 3.55. The molecule has 2 unspecified atom stereocenters. The van der Waals surface area contributed by atoms with E-state index in [9.17, 15) is 0 Å². The average Bonchev–Trinajstić information content (AvgIpc) is 2.75. The molecule has 3 nitrogen and oxygen atoms in total. The molecule has 0 spiro atoms. The van der Waals surface area contributed by atoms with Crippen LogP contribution >= 0.6 is 34.8 Å². The van der Waals surface area contributed by atoms with Gasteiger partial charge in [0.05, 0.1) is 26.5 Å². The van der Waals surface area contributed by atoms with Crippen LogP contribution in [0.2, 0.25) is 10.0 Å². The van der Waals surface area contributed by atoms with E-state index in [-0.39, 0.29) is 11.4 Å². The molecule has 0 radical (unpaired) electrons. The largest absolute Gasteiger partial charge is 0.324 e. The van der Waals surface area contributed by atoms with E-state index in [1.807, 2.05) is 13.0 Å². The van der Waals surface area contributed by atoms with Crippen LogP contribution in [0.3, 0.4) is 0 Å². The number of aromatic nitrogens is 2. The van der Waals surface area contributed by atoms with Gasteiger partial charge in [-0.2, -0.15) is 0 Å². The second kappa shape index (κ2) is 6.74. The van der Waals surface area contributed by atoms with Crippen LogP contribution in [-0.4, -0.2) is 35.1 Å². The molecule has 0 saturated heterocycles. The number of hydrogen-bond donors (Lipinski definition) is 0. The standard InChI is InChI=1S/C15H20Cl3N3/c1-9(5-6-20(3)4)21-14-8-12(18)11(17)7-13(14)19-15(21)10(2)16/h7-10H,5-6H2,1-4H3. The average molecular weight is 349 g/mol. The molecule has 1 heterocycles. The number of fused-ring (bicyclic) bond motifs is 1. The highest BCUT2D eigenvalue weighted by Crippen LogP contribution is 2.33. The van der Waals surface area contributed by atoms with Crippen LogP contribution in [0.15, 0.2) is 12.1 Å². The number of halogens is 3. The number of rotatable bonds is 5. The molecular formula is C15H20Cl3N3. The summed E-state index contributed by atoms with van der Waals surface area (Å²) >= 11 is 18.6. The summed E-state index contributed by atoms with van der Waals surface area (Å²) in [5, 5.41) is 0.888. The Morgan fingerprint density at radius 3 is 2.38 bits per heavy atom. The predicted molar refractivity (Wildman–Crippen MR) is 91.9 cm³/mol. The fraction of sp³-hybridized carbons (Fsp3) is 0.533. The molecule has 116 valence electrons. The summed E-state index contributed by atoms with van der Waals surface area (Å²) in [6.07, 6.45) is 1.01. The monoisotopic (exact) mass is 347 g/mol. The number of benzene rings is 1. The molecule has 6 heteroatoms. The first kappa shape index (κ1) is 16.9. The molecule has 0 N–H and O–H groups in total. The number of hydrogen-bond acceptors (Lipinski definition) is 2. The lowest BCUT2D eigenvalue weighted by molar-refractivity contribution is 0.357. The van der Waals surface area contributed by atoms with Gasteiger partial charge in [0.1, 0.15) is 5.82 Å². The van der Waals surface area contributed by atoms with Gasteiger partial charge >= 0.3 is 0 Å². The van der Waals surface area contributed by atoms with E-state index >= 15 is 0 Å². The maximum absolute atomic E-state index is 6.31. The molecule has 0 fully saturated rings. The van der Waals surface area contributed by atoms with Crippen LogP contribution in [-0.2, 0) is 0 Å². The zero-order chi connectivity index (χ0) is 15.7. The van der Waals surface area contributed by atoms with Gasteiger partial charge in [0.2, 0.25) is 0 Å². The van der Waals surface area contributed by atoms with E-state index < -0.39 is 0 Å². The van der Waals surface area contributed by atoms with Gasteiger partial charge < -0.3 is 9.47 Å². The molecular weight excluding hydrogens is 329 g/mol. The SMILES string of the molecule is CC(Cl)c1nc2cc(Cl)c(Cl)cc2n1C(C)CCN(C)C. The first-order valence-electron chi connectivity index (χ1n) is 6.97. The van der Waals surface area contributed by atoms with E-state index in [1.54, 1.807) is 6.07 Å². The zero-order valence-corrected chi connectivity index (χ0v) is 15.0. The lowest BCUT2D eigenvalue weighted by Gasteiger charge is -2.20. The van der Waals surface area contributed by atoms with Crippen LogP contribution < -0.4 is 0 Å². The molecule has 0 aliphatic rings. The van der Waals surface area contributed by atoms with Crippen molar-refractivity contribution in [2.45, 2.75) is 31.7 Å². The Balaban J connectivity index is 2.52. The van der Waals surface area contributed by atoms with Gasteiger partial charge in [-0.05, 0) is 53.0 Å². The number of alkyl halides is 1. The quantitative estimate of drug-likeness (QED) is 0.696. The summed E-state index contributed by atoms with van der Waals surface area (Å²) in [4.78, 5) is 6.81.